The van der Waals surface area contributed by atoms with Crippen LogP contribution in [0.2, 0.25) is 0 Å². The minimum absolute atomic E-state index is 0.622. The molecular formula is C11H13N3O. The number of aromatic nitrogens is 1. The van der Waals surface area contributed by atoms with Gasteiger partial charge in [0.1, 0.15) is 0 Å². The van der Waals surface area contributed by atoms with E-state index in [1.54, 1.807) is 12.1 Å². The smallest absolute Gasteiger partial charge is 0.190 e. The third-order valence-corrected chi connectivity index (χ3v) is 2.33. The molecule has 2 aromatic rings. The van der Waals surface area contributed by atoms with Crippen LogP contribution in [0.25, 0.3) is 10.8 Å². The van der Waals surface area contributed by atoms with Gasteiger partial charge in [0.2, 0.25) is 0 Å². The standard InChI is InChI=1S/C11H13N3O/c1-2-13-11-4-3-10(12)9-7-14(15)6-5-8(9)11/h3-7,13H,2,12H2,1H3. The lowest BCUT2D eigenvalue weighted by molar-refractivity contribution is -0.603. The molecule has 0 amide bonds. The molecule has 0 saturated heterocycles. The van der Waals surface area contributed by atoms with Gasteiger partial charge >= 0.3 is 0 Å². The topological polar surface area (TPSA) is 65.0 Å². The Hall–Kier alpha value is -1.97. The Morgan fingerprint density at radius 3 is 2.87 bits per heavy atom. The Morgan fingerprint density at radius 2 is 2.13 bits per heavy atom. The van der Waals surface area contributed by atoms with Crippen molar-refractivity contribution in [1.82, 2.24) is 0 Å². The van der Waals surface area contributed by atoms with Gasteiger partial charge in [-0.2, -0.15) is 4.73 Å². The van der Waals surface area contributed by atoms with Crippen LogP contribution >= 0.6 is 0 Å². The Morgan fingerprint density at radius 1 is 1.33 bits per heavy atom. The summed E-state index contributed by atoms with van der Waals surface area (Å²) in [6, 6.07) is 5.51. The number of rotatable bonds is 2. The van der Waals surface area contributed by atoms with Crippen molar-refractivity contribution in [1.29, 1.82) is 0 Å². The molecule has 0 unspecified atom stereocenters. The van der Waals surface area contributed by atoms with E-state index in [1.165, 1.54) is 12.4 Å². The SMILES string of the molecule is CCNc1ccc(N)c2c[n+]([O-])ccc12. The first kappa shape index (κ1) is 9.58. The molecule has 0 saturated carbocycles. The van der Waals surface area contributed by atoms with Crippen LogP contribution in [0, 0.1) is 5.21 Å². The van der Waals surface area contributed by atoms with E-state index in [0.717, 1.165) is 27.7 Å². The number of fused-ring (bicyclic) bond motifs is 1. The summed E-state index contributed by atoms with van der Waals surface area (Å²) in [6.45, 7) is 2.87. The molecule has 15 heavy (non-hydrogen) atoms. The molecule has 0 atom stereocenters. The largest absolute Gasteiger partial charge is 0.619 e. The zero-order chi connectivity index (χ0) is 10.8. The molecule has 78 valence electrons. The predicted molar refractivity (Wildman–Crippen MR) is 61.5 cm³/mol. The van der Waals surface area contributed by atoms with E-state index in [1.807, 2.05) is 13.0 Å². The molecule has 0 aliphatic carbocycles. The fourth-order valence-corrected chi connectivity index (χ4v) is 1.64. The Kier molecular flexibility index (Phi) is 2.33. The average Bonchev–Trinajstić information content (AvgIpc) is 2.23. The van der Waals surface area contributed by atoms with Gasteiger partial charge in [-0.3, -0.25) is 0 Å². The van der Waals surface area contributed by atoms with Gasteiger partial charge in [0.15, 0.2) is 12.4 Å². The molecular weight excluding hydrogens is 190 g/mol. The van der Waals surface area contributed by atoms with Crippen molar-refractivity contribution in [2.24, 2.45) is 0 Å². The van der Waals surface area contributed by atoms with E-state index in [9.17, 15) is 5.21 Å². The lowest BCUT2D eigenvalue weighted by Gasteiger charge is -2.09. The summed E-state index contributed by atoms with van der Waals surface area (Å²) in [5.41, 5.74) is 7.43. The van der Waals surface area contributed by atoms with Crippen LogP contribution in [-0.2, 0) is 0 Å². The highest BCUT2D eigenvalue weighted by Crippen LogP contribution is 2.26. The number of nitrogens with one attached hydrogen (secondary N) is 1. The number of pyridine rings is 1. The van der Waals surface area contributed by atoms with Gasteiger partial charge in [-0.1, -0.05) is 0 Å². The second-order valence-corrected chi connectivity index (χ2v) is 3.36. The molecule has 0 aliphatic heterocycles. The fraction of sp³-hybridized carbons (Fsp3) is 0.182. The maximum absolute atomic E-state index is 11.1. The number of anilines is 2. The van der Waals surface area contributed by atoms with Crippen LogP contribution in [0.1, 0.15) is 6.92 Å². The maximum Gasteiger partial charge on any atom is 0.190 e. The molecule has 1 aromatic carbocycles. The number of nitrogen functional groups attached to an aromatic ring is 1. The summed E-state index contributed by atoms with van der Waals surface area (Å²) in [5.74, 6) is 0. The lowest BCUT2D eigenvalue weighted by atomic mass is 10.1. The van der Waals surface area contributed by atoms with Gasteiger partial charge in [-0.05, 0) is 19.1 Å². The summed E-state index contributed by atoms with van der Waals surface area (Å²) in [4.78, 5) is 0. The molecule has 0 radical (unpaired) electrons. The third kappa shape index (κ3) is 1.66. The summed E-state index contributed by atoms with van der Waals surface area (Å²) < 4.78 is 0.758. The number of benzene rings is 1. The van der Waals surface area contributed by atoms with E-state index < -0.39 is 0 Å². The monoisotopic (exact) mass is 203 g/mol. The highest BCUT2D eigenvalue weighted by molar-refractivity contribution is 6.00. The molecule has 4 nitrogen and oxygen atoms in total. The minimum Gasteiger partial charge on any atom is -0.619 e. The lowest BCUT2D eigenvalue weighted by Crippen LogP contribution is -2.24. The van der Waals surface area contributed by atoms with Gasteiger partial charge in [0.05, 0.1) is 5.39 Å². The Balaban J connectivity index is 2.71. The fourth-order valence-electron chi connectivity index (χ4n) is 1.64. The van der Waals surface area contributed by atoms with Crippen LogP contribution in [0.3, 0.4) is 0 Å². The summed E-state index contributed by atoms with van der Waals surface area (Å²) in [5, 5.41) is 16.1. The quantitative estimate of drug-likeness (QED) is 0.441. The van der Waals surface area contributed by atoms with Crippen molar-refractivity contribution in [3.05, 3.63) is 35.8 Å². The number of nitrogens with two attached hydrogens (primary N) is 1. The highest BCUT2D eigenvalue weighted by atomic mass is 16.5. The number of nitrogens with zero attached hydrogens (tertiary/aromatic N) is 1. The molecule has 2 rings (SSSR count). The van der Waals surface area contributed by atoms with Crippen LogP contribution in [0.5, 0.6) is 0 Å². The van der Waals surface area contributed by atoms with Crippen LogP contribution in [0.4, 0.5) is 11.4 Å². The molecule has 0 aliphatic rings. The van der Waals surface area contributed by atoms with Crippen molar-refractivity contribution >= 4 is 22.1 Å². The summed E-state index contributed by atoms with van der Waals surface area (Å²) >= 11 is 0. The van der Waals surface area contributed by atoms with Crippen molar-refractivity contribution in [2.75, 3.05) is 17.6 Å². The molecule has 0 fully saturated rings. The second-order valence-electron chi connectivity index (χ2n) is 3.36. The summed E-state index contributed by atoms with van der Waals surface area (Å²) in [6.07, 6.45) is 2.97. The number of hydrogen-bond acceptors (Lipinski definition) is 3. The summed E-state index contributed by atoms with van der Waals surface area (Å²) in [7, 11) is 0. The van der Waals surface area contributed by atoms with Crippen molar-refractivity contribution in [3.63, 3.8) is 0 Å². The van der Waals surface area contributed by atoms with Crippen LogP contribution in [-0.4, -0.2) is 6.54 Å². The van der Waals surface area contributed by atoms with Crippen LogP contribution in [0.15, 0.2) is 30.6 Å². The third-order valence-electron chi connectivity index (χ3n) is 2.33. The van der Waals surface area contributed by atoms with Crippen LogP contribution < -0.4 is 15.8 Å². The molecule has 1 heterocycles. The molecule has 0 bridgehead atoms. The van der Waals surface area contributed by atoms with E-state index in [-0.39, 0.29) is 0 Å². The van der Waals surface area contributed by atoms with Crippen molar-refractivity contribution in [2.45, 2.75) is 6.92 Å². The predicted octanol–water partition coefficient (Wildman–Crippen LogP) is 1.49. The van der Waals surface area contributed by atoms with E-state index in [2.05, 4.69) is 5.32 Å². The first-order chi connectivity index (χ1) is 7.22. The molecule has 0 spiro atoms. The number of hydrogen-bond donors (Lipinski definition) is 2. The van der Waals surface area contributed by atoms with E-state index in [0.29, 0.717) is 5.69 Å². The molecule has 1 aromatic heterocycles. The minimum atomic E-state index is 0.622. The van der Waals surface area contributed by atoms with Crippen molar-refractivity contribution < 1.29 is 4.73 Å². The van der Waals surface area contributed by atoms with Gasteiger partial charge < -0.3 is 16.3 Å². The highest BCUT2D eigenvalue weighted by Gasteiger charge is 2.06. The van der Waals surface area contributed by atoms with Gasteiger partial charge in [0.25, 0.3) is 0 Å². The van der Waals surface area contributed by atoms with Gasteiger partial charge in [0, 0.05) is 29.4 Å². The molecule has 3 N–H and O–H groups in total. The zero-order valence-corrected chi connectivity index (χ0v) is 8.53. The molecule has 4 heteroatoms. The van der Waals surface area contributed by atoms with E-state index in [4.69, 9.17) is 5.73 Å². The average molecular weight is 203 g/mol. The maximum atomic E-state index is 11.1. The van der Waals surface area contributed by atoms with Crippen molar-refractivity contribution in [3.8, 4) is 0 Å². The van der Waals surface area contributed by atoms with Gasteiger partial charge in [-0.25, -0.2) is 0 Å². The van der Waals surface area contributed by atoms with Gasteiger partial charge in [-0.15, -0.1) is 0 Å². The first-order valence-electron chi connectivity index (χ1n) is 4.87. The first-order valence-corrected chi connectivity index (χ1v) is 4.87. The Bertz CT molecular complexity index is 496. The second kappa shape index (κ2) is 3.65. The zero-order valence-electron chi connectivity index (χ0n) is 8.53. The van der Waals surface area contributed by atoms with E-state index >= 15 is 0 Å². The normalized spacial score (nSPS) is 10.5. The Labute approximate surface area is 87.9 Å².